The number of nitrogens with one attached hydrogen (secondary N) is 1. The first-order valence-electron chi connectivity index (χ1n) is 9.10. The van der Waals surface area contributed by atoms with Gasteiger partial charge in [-0.2, -0.15) is 5.26 Å². The molecule has 0 aromatic heterocycles. The Labute approximate surface area is 168 Å². The van der Waals surface area contributed by atoms with Crippen LogP contribution >= 0.6 is 0 Å². The van der Waals surface area contributed by atoms with Gasteiger partial charge in [-0.3, -0.25) is 19.8 Å². The summed E-state index contributed by atoms with van der Waals surface area (Å²) in [7, 11) is 1.39. The minimum atomic E-state index is -0.523. The fourth-order valence-electron chi connectivity index (χ4n) is 3.17. The molecular weight excluding hydrogens is 374 g/mol. The maximum absolute atomic E-state index is 11.4. The van der Waals surface area contributed by atoms with Gasteiger partial charge in [-0.1, -0.05) is 0 Å². The maximum Gasteiger partial charge on any atom is 0.319 e. The second-order valence-corrected chi connectivity index (χ2v) is 6.61. The van der Waals surface area contributed by atoms with Crippen molar-refractivity contribution < 1.29 is 14.5 Å². The first-order chi connectivity index (χ1) is 14.0. The van der Waals surface area contributed by atoms with E-state index in [2.05, 4.69) is 15.1 Å². The van der Waals surface area contributed by atoms with Crippen LogP contribution in [0.2, 0.25) is 0 Å². The summed E-state index contributed by atoms with van der Waals surface area (Å²) >= 11 is 0. The molecule has 150 valence electrons. The molecule has 1 aliphatic rings. The molecule has 0 amide bonds. The average Bonchev–Trinajstić information content (AvgIpc) is 2.75. The van der Waals surface area contributed by atoms with Gasteiger partial charge in [0, 0.05) is 49.7 Å². The maximum atomic E-state index is 11.4. The number of nitrogens with zero attached hydrogens (tertiary/aromatic N) is 4. The van der Waals surface area contributed by atoms with E-state index in [0.717, 1.165) is 37.6 Å². The van der Waals surface area contributed by atoms with Crippen molar-refractivity contribution in [2.75, 3.05) is 50.1 Å². The number of non-ortho nitro benzene ring substituents is 1. The van der Waals surface area contributed by atoms with Gasteiger partial charge < -0.3 is 15.0 Å². The van der Waals surface area contributed by atoms with Gasteiger partial charge in [0.2, 0.25) is 0 Å². The molecule has 2 aromatic carbocycles. The van der Waals surface area contributed by atoms with Crippen molar-refractivity contribution in [3.8, 4) is 6.07 Å². The topological polar surface area (TPSA) is 112 Å². The lowest BCUT2D eigenvalue weighted by Crippen LogP contribution is -2.48. The summed E-state index contributed by atoms with van der Waals surface area (Å²) in [4.78, 5) is 26.0. The zero-order valence-electron chi connectivity index (χ0n) is 16.0. The van der Waals surface area contributed by atoms with E-state index < -0.39 is 4.92 Å². The van der Waals surface area contributed by atoms with Crippen LogP contribution in [0.4, 0.5) is 22.7 Å². The molecule has 3 rings (SSSR count). The summed E-state index contributed by atoms with van der Waals surface area (Å²) in [5, 5.41) is 23.2. The van der Waals surface area contributed by atoms with Gasteiger partial charge >= 0.3 is 5.97 Å². The van der Waals surface area contributed by atoms with E-state index in [0.29, 0.717) is 12.2 Å². The molecule has 9 nitrogen and oxygen atoms in total. The van der Waals surface area contributed by atoms with Crippen molar-refractivity contribution >= 4 is 28.7 Å². The summed E-state index contributed by atoms with van der Waals surface area (Å²) in [5.41, 5.74) is 2.46. The van der Waals surface area contributed by atoms with E-state index in [4.69, 9.17) is 4.74 Å². The summed E-state index contributed by atoms with van der Waals surface area (Å²) in [6.45, 7) is 3.49. The van der Waals surface area contributed by atoms with E-state index in [9.17, 15) is 20.2 Å². The highest BCUT2D eigenvalue weighted by atomic mass is 16.6. The number of nitro benzene ring substituents is 1. The van der Waals surface area contributed by atoms with Crippen molar-refractivity contribution in [3.05, 3.63) is 58.1 Å². The standard InChI is InChI=1S/C20H21N5O4/c1-29-20(26)14-23-8-10-24(11-9-23)17-4-2-16(3-5-17)22-19-7-6-18(25(27)28)12-15(19)13-21/h2-7,12,22H,8-11,14H2,1H3. The quantitative estimate of drug-likeness (QED) is 0.451. The monoisotopic (exact) mass is 395 g/mol. The molecule has 1 aliphatic heterocycles. The number of hydrogen-bond acceptors (Lipinski definition) is 8. The molecule has 0 spiro atoms. The van der Waals surface area contributed by atoms with Crippen LogP contribution < -0.4 is 10.2 Å². The average molecular weight is 395 g/mol. The fraction of sp³-hybridized carbons (Fsp3) is 0.300. The number of nitro groups is 1. The summed E-state index contributed by atoms with van der Waals surface area (Å²) < 4.78 is 4.71. The van der Waals surface area contributed by atoms with Gasteiger partial charge in [-0.25, -0.2) is 0 Å². The van der Waals surface area contributed by atoms with Gasteiger partial charge in [-0.05, 0) is 30.3 Å². The highest BCUT2D eigenvalue weighted by Crippen LogP contribution is 2.26. The lowest BCUT2D eigenvalue weighted by atomic mass is 10.1. The molecule has 0 saturated carbocycles. The molecule has 9 heteroatoms. The molecule has 0 bridgehead atoms. The number of hydrogen-bond donors (Lipinski definition) is 1. The minimum absolute atomic E-state index is 0.117. The molecule has 0 radical (unpaired) electrons. The number of carbonyl (C=O) groups is 1. The Morgan fingerprint density at radius 2 is 1.90 bits per heavy atom. The lowest BCUT2D eigenvalue weighted by molar-refractivity contribution is -0.384. The number of esters is 1. The van der Waals surface area contributed by atoms with Crippen LogP contribution in [-0.4, -0.2) is 55.6 Å². The number of methoxy groups -OCH3 is 1. The Morgan fingerprint density at radius 1 is 1.21 bits per heavy atom. The Kier molecular flexibility index (Phi) is 6.26. The highest BCUT2D eigenvalue weighted by Gasteiger charge is 2.19. The van der Waals surface area contributed by atoms with Gasteiger partial charge in [0.25, 0.3) is 5.69 Å². The van der Waals surface area contributed by atoms with Crippen LogP contribution in [0.3, 0.4) is 0 Å². The minimum Gasteiger partial charge on any atom is -0.468 e. The molecule has 1 saturated heterocycles. The molecule has 1 fully saturated rings. The van der Waals surface area contributed by atoms with Crippen LogP contribution in [0.25, 0.3) is 0 Å². The van der Waals surface area contributed by atoms with Crippen LogP contribution in [0.15, 0.2) is 42.5 Å². The van der Waals surface area contributed by atoms with Gasteiger partial charge in [-0.15, -0.1) is 0 Å². The van der Waals surface area contributed by atoms with Crippen LogP contribution in [0.5, 0.6) is 0 Å². The molecule has 1 N–H and O–H groups in total. The summed E-state index contributed by atoms with van der Waals surface area (Å²) in [6, 6.07) is 13.9. The van der Waals surface area contributed by atoms with E-state index >= 15 is 0 Å². The Morgan fingerprint density at radius 3 is 2.48 bits per heavy atom. The van der Waals surface area contributed by atoms with Crippen molar-refractivity contribution in [2.24, 2.45) is 0 Å². The molecule has 0 unspecified atom stereocenters. The Bertz CT molecular complexity index is 931. The summed E-state index contributed by atoms with van der Waals surface area (Å²) in [5.74, 6) is -0.225. The predicted molar refractivity (Wildman–Crippen MR) is 108 cm³/mol. The van der Waals surface area contributed by atoms with Crippen LogP contribution in [0.1, 0.15) is 5.56 Å². The zero-order valence-corrected chi connectivity index (χ0v) is 16.0. The molecule has 0 aliphatic carbocycles. The third-order valence-electron chi connectivity index (χ3n) is 4.80. The van der Waals surface area contributed by atoms with Crippen molar-refractivity contribution in [1.29, 1.82) is 5.26 Å². The largest absolute Gasteiger partial charge is 0.468 e. The predicted octanol–water partition coefficient (Wildman–Crippen LogP) is 2.51. The Balaban J connectivity index is 1.62. The van der Waals surface area contributed by atoms with Gasteiger partial charge in [0.05, 0.1) is 29.8 Å². The van der Waals surface area contributed by atoms with Gasteiger partial charge in [0.1, 0.15) is 6.07 Å². The smallest absolute Gasteiger partial charge is 0.319 e. The van der Waals surface area contributed by atoms with Crippen LogP contribution in [0, 0.1) is 21.4 Å². The first kappa shape index (κ1) is 20.1. The van der Waals surface area contributed by atoms with E-state index in [1.807, 2.05) is 30.3 Å². The molecule has 29 heavy (non-hydrogen) atoms. The third kappa shape index (κ3) is 5.00. The number of benzene rings is 2. The van der Waals surface area contributed by atoms with E-state index in [1.54, 1.807) is 0 Å². The molecule has 2 aromatic rings. The molecule has 0 atom stereocenters. The van der Waals surface area contributed by atoms with Crippen molar-refractivity contribution in [1.82, 2.24) is 4.90 Å². The number of nitriles is 1. The molecule has 1 heterocycles. The normalized spacial score (nSPS) is 14.1. The number of piperazine rings is 1. The number of ether oxygens (including phenoxy) is 1. The molecular formula is C20H21N5O4. The van der Waals surface area contributed by atoms with E-state index in [-0.39, 0.29) is 17.2 Å². The Hall–Kier alpha value is -3.64. The first-order valence-corrected chi connectivity index (χ1v) is 9.10. The SMILES string of the molecule is COC(=O)CN1CCN(c2ccc(Nc3ccc([N+](=O)[O-])cc3C#N)cc2)CC1. The second kappa shape index (κ2) is 9.03. The van der Waals surface area contributed by atoms with Crippen molar-refractivity contribution in [2.45, 2.75) is 0 Å². The highest BCUT2D eigenvalue weighted by molar-refractivity contribution is 5.71. The number of anilines is 3. The fourth-order valence-corrected chi connectivity index (χ4v) is 3.17. The number of rotatable bonds is 6. The van der Waals surface area contributed by atoms with Gasteiger partial charge in [0.15, 0.2) is 0 Å². The van der Waals surface area contributed by atoms with Crippen LogP contribution in [-0.2, 0) is 9.53 Å². The second-order valence-electron chi connectivity index (χ2n) is 6.61. The number of carbonyl (C=O) groups excluding carboxylic acids is 1. The van der Waals surface area contributed by atoms with Crippen molar-refractivity contribution in [3.63, 3.8) is 0 Å². The lowest BCUT2D eigenvalue weighted by Gasteiger charge is -2.35. The third-order valence-corrected chi connectivity index (χ3v) is 4.80. The van der Waals surface area contributed by atoms with E-state index in [1.165, 1.54) is 25.3 Å². The zero-order chi connectivity index (χ0) is 20.8. The summed E-state index contributed by atoms with van der Waals surface area (Å²) in [6.07, 6.45) is 0.